The number of nitrogens with zero attached hydrogens (tertiary/aromatic N) is 1. The summed E-state index contributed by atoms with van der Waals surface area (Å²) in [6.07, 6.45) is 1.62. The summed E-state index contributed by atoms with van der Waals surface area (Å²) in [6.45, 7) is 2.23. The molecule has 0 atom stereocenters. The molecule has 2 rings (SSSR count). The second kappa shape index (κ2) is 8.56. The number of rotatable bonds is 6. The number of hydrazone groups is 1. The fourth-order valence-corrected chi connectivity index (χ4v) is 2.33. The van der Waals surface area contributed by atoms with E-state index in [0.29, 0.717) is 15.6 Å². The third-order valence-electron chi connectivity index (χ3n) is 3.06. The Balaban J connectivity index is 1.79. The lowest BCUT2D eigenvalue weighted by molar-refractivity contribution is -0.121. The molecule has 0 spiro atoms. The molecule has 0 bridgehead atoms. The number of halogens is 2. The highest BCUT2D eigenvalue weighted by Crippen LogP contribution is 2.22. The maximum Gasteiger partial charge on any atom is 0.243 e. The van der Waals surface area contributed by atoms with Crippen LogP contribution >= 0.6 is 23.2 Å². The van der Waals surface area contributed by atoms with Crippen molar-refractivity contribution in [1.29, 1.82) is 0 Å². The van der Waals surface area contributed by atoms with Gasteiger partial charge in [-0.1, -0.05) is 47.5 Å². The third-order valence-corrected chi connectivity index (χ3v) is 3.72. The minimum Gasteiger partial charge on any atom is -0.493 e. The van der Waals surface area contributed by atoms with Crippen LogP contribution in [0.3, 0.4) is 0 Å². The zero-order valence-corrected chi connectivity index (χ0v) is 14.1. The SMILES string of the molecule is Cc1ccccc1OCCC(=O)N/N=C/c1c(Cl)cccc1Cl. The van der Waals surface area contributed by atoms with Crippen LogP contribution in [0.2, 0.25) is 10.0 Å². The Labute approximate surface area is 145 Å². The number of ether oxygens (including phenoxy) is 1. The van der Waals surface area contributed by atoms with Gasteiger partial charge in [0.05, 0.1) is 29.3 Å². The summed E-state index contributed by atoms with van der Waals surface area (Å²) in [4.78, 5) is 11.7. The summed E-state index contributed by atoms with van der Waals surface area (Å²) in [5.74, 6) is 0.518. The van der Waals surface area contributed by atoms with Gasteiger partial charge in [-0.05, 0) is 30.7 Å². The average molecular weight is 351 g/mol. The monoisotopic (exact) mass is 350 g/mol. The van der Waals surface area contributed by atoms with Gasteiger partial charge in [-0.25, -0.2) is 5.43 Å². The van der Waals surface area contributed by atoms with E-state index in [2.05, 4.69) is 10.5 Å². The highest BCUT2D eigenvalue weighted by atomic mass is 35.5. The van der Waals surface area contributed by atoms with Gasteiger partial charge in [0, 0.05) is 5.56 Å². The molecule has 120 valence electrons. The summed E-state index contributed by atoms with van der Waals surface area (Å²) < 4.78 is 5.56. The summed E-state index contributed by atoms with van der Waals surface area (Å²) in [5, 5.41) is 4.80. The topological polar surface area (TPSA) is 50.7 Å². The van der Waals surface area contributed by atoms with E-state index >= 15 is 0 Å². The number of nitrogens with one attached hydrogen (secondary N) is 1. The van der Waals surface area contributed by atoms with Crippen LogP contribution in [0.25, 0.3) is 0 Å². The standard InChI is InChI=1S/C17H16Cl2N2O2/c1-12-5-2-3-8-16(12)23-10-9-17(22)21-20-11-13-14(18)6-4-7-15(13)19/h2-8,11H,9-10H2,1H3,(H,21,22)/b20-11+. The number of carbonyl (C=O) groups excluding carboxylic acids is 1. The second-order valence-electron chi connectivity index (χ2n) is 4.79. The molecule has 23 heavy (non-hydrogen) atoms. The molecule has 1 N–H and O–H groups in total. The fraction of sp³-hybridized carbons (Fsp3) is 0.176. The number of benzene rings is 2. The fourth-order valence-electron chi connectivity index (χ4n) is 1.83. The van der Waals surface area contributed by atoms with Gasteiger partial charge in [0.2, 0.25) is 5.91 Å². The number of para-hydroxylation sites is 1. The van der Waals surface area contributed by atoms with Gasteiger partial charge in [0.1, 0.15) is 5.75 Å². The number of hydrogen-bond acceptors (Lipinski definition) is 3. The second-order valence-corrected chi connectivity index (χ2v) is 5.61. The van der Waals surface area contributed by atoms with Crippen molar-refractivity contribution in [3.05, 3.63) is 63.6 Å². The normalized spacial score (nSPS) is 10.7. The van der Waals surface area contributed by atoms with E-state index in [1.54, 1.807) is 18.2 Å². The van der Waals surface area contributed by atoms with Crippen LogP contribution in [-0.2, 0) is 4.79 Å². The first-order valence-corrected chi connectivity index (χ1v) is 7.78. The molecule has 0 unspecified atom stereocenters. The molecule has 0 aliphatic carbocycles. The van der Waals surface area contributed by atoms with E-state index in [-0.39, 0.29) is 18.9 Å². The van der Waals surface area contributed by atoms with Gasteiger partial charge in [-0.15, -0.1) is 0 Å². The van der Waals surface area contributed by atoms with Crippen molar-refractivity contribution in [2.45, 2.75) is 13.3 Å². The highest BCUT2D eigenvalue weighted by molar-refractivity contribution is 6.38. The van der Waals surface area contributed by atoms with Crippen molar-refractivity contribution >= 4 is 35.3 Å². The molecule has 2 aromatic rings. The van der Waals surface area contributed by atoms with Gasteiger partial charge in [-0.2, -0.15) is 5.10 Å². The first-order valence-electron chi connectivity index (χ1n) is 7.02. The zero-order chi connectivity index (χ0) is 16.7. The van der Waals surface area contributed by atoms with Crippen molar-refractivity contribution in [2.24, 2.45) is 5.10 Å². The van der Waals surface area contributed by atoms with Gasteiger partial charge >= 0.3 is 0 Å². The van der Waals surface area contributed by atoms with Crippen molar-refractivity contribution < 1.29 is 9.53 Å². The van der Waals surface area contributed by atoms with E-state index in [4.69, 9.17) is 27.9 Å². The van der Waals surface area contributed by atoms with Crippen LogP contribution in [0.15, 0.2) is 47.6 Å². The van der Waals surface area contributed by atoms with Crippen molar-refractivity contribution in [1.82, 2.24) is 5.43 Å². The van der Waals surface area contributed by atoms with E-state index in [9.17, 15) is 4.79 Å². The van der Waals surface area contributed by atoms with Crippen LogP contribution in [0.5, 0.6) is 5.75 Å². The van der Waals surface area contributed by atoms with E-state index in [0.717, 1.165) is 11.3 Å². The third kappa shape index (κ3) is 5.27. The molecule has 0 fully saturated rings. The zero-order valence-electron chi connectivity index (χ0n) is 12.6. The molecule has 0 aliphatic heterocycles. The lowest BCUT2D eigenvalue weighted by Gasteiger charge is -2.07. The van der Waals surface area contributed by atoms with Crippen molar-refractivity contribution in [3.63, 3.8) is 0 Å². The minimum atomic E-state index is -0.252. The number of amides is 1. The maximum atomic E-state index is 11.7. The Hall–Kier alpha value is -2.04. The molecule has 0 radical (unpaired) electrons. The lowest BCUT2D eigenvalue weighted by atomic mass is 10.2. The Morgan fingerprint density at radius 1 is 1.17 bits per heavy atom. The highest BCUT2D eigenvalue weighted by Gasteiger charge is 2.04. The minimum absolute atomic E-state index is 0.196. The Bertz CT molecular complexity index is 697. The first-order chi connectivity index (χ1) is 11.1. The first kappa shape index (κ1) is 17.3. The Morgan fingerprint density at radius 2 is 1.87 bits per heavy atom. The summed E-state index contributed by atoms with van der Waals surface area (Å²) in [7, 11) is 0. The molecular formula is C17H16Cl2N2O2. The molecule has 0 saturated heterocycles. The molecule has 2 aromatic carbocycles. The van der Waals surface area contributed by atoms with E-state index in [1.807, 2.05) is 31.2 Å². The molecule has 0 aromatic heterocycles. The number of hydrogen-bond donors (Lipinski definition) is 1. The molecule has 4 nitrogen and oxygen atoms in total. The van der Waals surface area contributed by atoms with Gasteiger partial charge in [0.15, 0.2) is 0 Å². The van der Waals surface area contributed by atoms with Crippen LogP contribution in [0, 0.1) is 6.92 Å². The summed E-state index contributed by atoms with van der Waals surface area (Å²) >= 11 is 12.0. The number of carbonyl (C=O) groups is 1. The average Bonchev–Trinajstić information content (AvgIpc) is 2.52. The van der Waals surface area contributed by atoms with Crippen LogP contribution in [-0.4, -0.2) is 18.7 Å². The van der Waals surface area contributed by atoms with Gasteiger partial charge in [0.25, 0.3) is 0 Å². The maximum absolute atomic E-state index is 11.7. The molecule has 6 heteroatoms. The predicted octanol–water partition coefficient (Wildman–Crippen LogP) is 4.22. The molecule has 0 heterocycles. The summed E-state index contributed by atoms with van der Waals surface area (Å²) in [6, 6.07) is 12.8. The summed E-state index contributed by atoms with van der Waals surface area (Å²) in [5.41, 5.74) is 4.01. The lowest BCUT2D eigenvalue weighted by Crippen LogP contribution is -2.20. The van der Waals surface area contributed by atoms with Crippen molar-refractivity contribution in [2.75, 3.05) is 6.61 Å². The molecule has 1 amide bonds. The predicted molar refractivity (Wildman–Crippen MR) is 93.5 cm³/mol. The van der Waals surface area contributed by atoms with E-state index in [1.165, 1.54) is 6.21 Å². The van der Waals surface area contributed by atoms with Crippen LogP contribution in [0.4, 0.5) is 0 Å². The Morgan fingerprint density at radius 3 is 2.57 bits per heavy atom. The van der Waals surface area contributed by atoms with E-state index < -0.39 is 0 Å². The Kier molecular flexibility index (Phi) is 6.44. The van der Waals surface area contributed by atoms with Gasteiger partial charge < -0.3 is 4.74 Å². The molecule has 0 aliphatic rings. The van der Waals surface area contributed by atoms with Crippen LogP contribution in [0.1, 0.15) is 17.5 Å². The van der Waals surface area contributed by atoms with Gasteiger partial charge in [-0.3, -0.25) is 4.79 Å². The smallest absolute Gasteiger partial charge is 0.243 e. The number of aryl methyl sites for hydroxylation is 1. The quantitative estimate of drug-likeness (QED) is 0.626. The van der Waals surface area contributed by atoms with Crippen LogP contribution < -0.4 is 10.2 Å². The molecule has 0 saturated carbocycles. The van der Waals surface area contributed by atoms with Crippen molar-refractivity contribution in [3.8, 4) is 5.75 Å². The largest absolute Gasteiger partial charge is 0.493 e. The molecular weight excluding hydrogens is 335 g/mol.